The third-order valence-electron chi connectivity index (χ3n) is 1.83. The molecule has 1 rings (SSSR count). The van der Waals surface area contributed by atoms with Crippen LogP contribution in [0.1, 0.15) is 6.92 Å². The highest BCUT2D eigenvalue weighted by atomic mass is 16.5. The summed E-state index contributed by atoms with van der Waals surface area (Å²) >= 11 is 0. The number of esters is 1. The molecule has 0 aromatic rings. The molecule has 0 aromatic heterocycles. The average molecular weight is 200 g/mol. The Kier molecular flexibility index (Phi) is 3.24. The zero-order chi connectivity index (χ0) is 10.6. The van der Waals surface area contributed by atoms with Gasteiger partial charge in [0.2, 0.25) is 0 Å². The number of carbonyl (C=O) groups is 2. The van der Waals surface area contributed by atoms with E-state index in [1.165, 1.54) is 0 Å². The van der Waals surface area contributed by atoms with Gasteiger partial charge < -0.3 is 14.6 Å². The summed E-state index contributed by atoms with van der Waals surface area (Å²) in [6.07, 6.45) is 1.65. The predicted molar refractivity (Wildman–Crippen MR) is 46.7 cm³/mol. The molecule has 1 aliphatic rings. The van der Waals surface area contributed by atoms with Crippen molar-refractivity contribution in [3.63, 3.8) is 0 Å². The number of carboxylic acid groups (broad SMARTS) is 1. The van der Waals surface area contributed by atoms with Crippen LogP contribution in [0.25, 0.3) is 0 Å². The number of rotatable bonds is 4. The Labute approximate surface area is 81.3 Å². The van der Waals surface area contributed by atoms with Crippen molar-refractivity contribution < 1.29 is 24.2 Å². The Hall–Kier alpha value is -1.36. The number of aliphatic carboxylic acids is 1. The van der Waals surface area contributed by atoms with Crippen molar-refractivity contribution in [2.24, 2.45) is 5.41 Å². The number of hydrogen-bond donors (Lipinski definition) is 1. The fourth-order valence-electron chi connectivity index (χ4n) is 0.967. The Morgan fingerprint density at radius 1 is 1.50 bits per heavy atom. The van der Waals surface area contributed by atoms with E-state index < -0.39 is 11.9 Å². The Morgan fingerprint density at radius 3 is 2.57 bits per heavy atom. The highest BCUT2D eigenvalue weighted by Crippen LogP contribution is 2.26. The molecule has 0 aromatic carbocycles. The maximum Gasteiger partial charge on any atom is 0.331 e. The zero-order valence-electron chi connectivity index (χ0n) is 7.86. The second-order valence-electron chi connectivity index (χ2n) is 3.58. The minimum Gasteiger partial charge on any atom is -0.478 e. The maximum absolute atomic E-state index is 10.9. The van der Waals surface area contributed by atoms with Gasteiger partial charge in [0.15, 0.2) is 0 Å². The molecular weight excluding hydrogens is 188 g/mol. The Bertz CT molecular complexity index is 264. The quantitative estimate of drug-likeness (QED) is 0.518. The van der Waals surface area contributed by atoms with Crippen molar-refractivity contribution in [3.8, 4) is 0 Å². The molecule has 0 atom stereocenters. The van der Waals surface area contributed by atoms with Gasteiger partial charge >= 0.3 is 11.9 Å². The first-order valence-electron chi connectivity index (χ1n) is 4.17. The molecule has 78 valence electrons. The van der Waals surface area contributed by atoms with Gasteiger partial charge in [0, 0.05) is 17.6 Å². The molecule has 1 N–H and O–H groups in total. The summed E-state index contributed by atoms with van der Waals surface area (Å²) in [7, 11) is 0. The van der Waals surface area contributed by atoms with E-state index in [1.807, 2.05) is 6.92 Å². The molecule has 0 saturated carbocycles. The molecule has 0 unspecified atom stereocenters. The van der Waals surface area contributed by atoms with Gasteiger partial charge in [-0.05, 0) is 0 Å². The first kappa shape index (κ1) is 10.7. The predicted octanol–water partition coefficient (Wildman–Crippen LogP) is 0.207. The van der Waals surface area contributed by atoms with Gasteiger partial charge in [-0.25, -0.2) is 9.59 Å². The first-order chi connectivity index (χ1) is 6.52. The van der Waals surface area contributed by atoms with E-state index in [0.717, 1.165) is 12.2 Å². The van der Waals surface area contributed by atoms with Gasteiger partial charge in [-0.3, -0.25) is 0 Å². The monoisotopic (exact) mass is 200 g/mol. The number of carbonyl (C=O) groups excluding carboxylic acids is 1. The highest BCUT2D eigenvalue weighted by Gasteiger charge is 2.34. The van der Waals surface area contributed by atoms with E-state index in [-0.39, 0.29) is 12.0 Å². The van der Waals surface area contributed by atoms with Crippen LogP contribution >= 0.6 is 0 Å². The molecule has 0 radical (unpaired) electrons. The molecule has 1 heterocycles. The fraction of sp³-hybridized carbons (Fsp3) is 0.556. The molecule has 1 aliphatic heterocycles. The van der Waals surface area contributed by atoms with Gasteiger partial charge in [0.1, 0.15) is 6.61 Å². The molecule has 5 heteroatoms. The van der Waals surface area contributed by atoms with Crippen LogP contribution in [0.2, 0.25) is 0 Å². The van der Waals surface area contributed by atoms with E-state index in [0.29, 0.717) is 13.2 Å². The van der Waals surface area contributed by atoms with Crippen LogP contribution in [0.5, 0.6) is 0 Å². The second kappa shape index (κ2) is 4.23. The Balaban J connectivity index is 2.24. The second-order valence-corrected chi connectivity index (χ2v) is 3.58. The van der Waals surface area contributed by atoms with Crippen molar-refractivity contribution in [3.05, 3.63) is 12.2 Å². The summed E-state index contributed by atoms with van der Waals surface area (Å²) in [6, 6.07) is 0. The van der Waals surface area contributed by atoms with E-state index >= 15 is 0 Å². The summed E-state index contributed by atoms with van der Waals surface area (Å²) < 4.78 is 9.80. The van der Waals surface area contributed by atoms with Crippen LogP contribution < -0.4 is 0 Å². The molecule has 0 bridgehead atoms. The summed E-state index contributed by atoms with van der Waals surface area (Å²) in [5.74, 6) is -1.80. The minimum absolute atomic E-state index is 0.104. The lowest BCUT2D eigenvalue weighted by molar-refractivity contribution is -0.160. The largest absolute Gasteiger partial charge is 0.478 e. The van der Waals surface area contributed by atoms with Crippen LogP contribution in [-0.2, 0) is 19.1 Å². The molecule has 14 heavy (non-hydrogen) atoms. The van der Waals surface area contributed by atoms with Crippen LogP contribution in [-0.4, -0.2) is 36.9 Å². The summed E-state index contributed by atoms with van der Waals surface area (Å²) in [6.45, 7) is 3.34. The van der Waals surface area contributed by atoms with Crippen molar-refractivity contribution >= 4 is 11.9 Å². The van der Waals surface area contributed by atoms with E-state index in [4.69, 9.17) is 14.6 Å². The zero-order valence-corrected chi connectivity index (χ0v) is 7.86. The van der Waals surface area contributed by atoms with Crippen LogP contribution in [0, 0.1) is 5.41 Å². The standard InChI is InChI=1S/C9H12O5/c1-9(4-13-5-9)6-14-8(12)3-2-7(10)11/h2-3H,4-6H2,1H3,(H,10,11). The van der Waals surface area contributed by atoms with Crippen LogP contribution in [0.4, 0.5) is 0 Å². The Morgan fingerprint density at radius 2 is 2.14 bits per heavy atom. The van der Waals surface area contributed by atoms with Crippen molar-refractivity contribution in [1.82, 2.24) is 0 Å². The van der Waals surface area contributed by atoms with Gasteiger partial charge in [-0.1, -0.05) is 6.92 Å². The molecular formula is C9H12O5. The van der Waals surface area contributed by atoms with Crippen LogP contribution in [0.3, 0.4) is 0 Å². The van der Waals surface area contributed by atoms with Gasteiger partial charge in [-0.2, -0.15) is 0 Å². The number of hydrogen-bond acceptors (Lipinski definition) is 4. The van der Waals surface area contributed by atoms with Crippen molar-refractivity contribution in [1.29, 1.82) is 0 Å². The van der Waals surface area contributed by atoms with Crippen molar-refractivity contribution in [2.75, 3.05) is 19.8 Å². The van der Waals surface area contributed by atoms with Gasteiger partial charge in [-0.15, -0.1) is 0 Å². The molecule has 1 saturated heterocycles. The number of carboxylic acids is 1. The third-order valence-corrected chi connectivity index (χ3v) is 1.83. The topological polar surface area (TPSA) is 72.8 Å². The summed E-state index contributed by atoms with van der Waals surface area (Å²) in [5, 5.41) is 8.23. The fourth-order valence-corrected chi connectivity index (χ4v) is 0.967. The van der Waals surface area contributed by atoms with E-state index in [1.54, 1.807) is 0 Å². The number of ether oxygens (including phenoxy) is 2. The van der Waals surface area contributed by atoms with Gasteiger partial charge in [0.25, 0.3) is 0 Å². The van der Waals surface area contributed by atoms with Gasteiger partial charge in [0.05, 0.1) is 13.2 Å². The summed E-state index contributed by atoms with van der Waals surface area (Å²) in [4.78, 5) is 21.0. The first-order valence-corrected chi connectivity index (χ1v) is 4.17. The molecule has 0 amide bonds. The van der Waals surface area contributed by atoms with Crippen LogP contribution in [0.15, 0.2) is 12.2 Å². The lowest BCUT2D eigenvalue weighted by Crippen LogP contribution is -2.43. The third kappa shape index (κ3) is 3.18. The molecule has 1 fully saturated rings. The van der Waals surface area contributed by atoms with Crippen molar-refractivity contribution in [2.45, 2.75) is 6.92 Å². The smallest absolute Gasteiger partial charge is 0.331 e. The highest BCUT2D eigenvalue weighted by molar-refractivity contribution is 5.90. The normalized spacial score (nSPS) is 18.9. The molecule has 0 spiro atoms. The average Bonchev–Trinajstić information content (AvgIpc) is 2.08. The lowest BCUT2D eigenvalue weighted by atomic mass is 9.90. The van der Waals surface area contributed by atoms with E-state index in [2.05, 4.69) is 0 Å². The molecule has 5 nitrogen and oxygen atoms in total. The molecule has 0 aliphatic carbocycles. The lowest BCUT2D eigenvalue weighted by Gasteiger charge is -2.36. The maximum atomic E-state index is 10.9. The van der Waals surface area contributed by atoms with E-state index in [9.17, 15) is 9.59 Å². The SMILES string of the molecule is CC1(COC(=O)C=CC(=O)O)COC1. The minimum atomic E-state index is -1.17. The summed E-state index contributed by atoms with van der Waals surface area (Å²) in [5.41, 5.74) is -0.104.